The highest BCUT2D eigenvalue weighted by molar-refractivity contribution is 6.31. The molecule has 0 bridgehead atoms. The first-order chi connectivity index (χ1) is 19.0. The fourth-order valence-electron chi connectivity index (χ4n) is 4.16. The molecule has 0 unspecified atom stereocenters. The van der Waals surface area contributed by atoms with Crippen LogP contribution in [0.5, 0.6) is 5.75 Å². The van der Waals surface area contributed by atoms with Crippen LogP contribution in [0.1, 0.15) is 11.1 Å². The second-order valence-corrected chi connectivity index (χ2v) is 9.54. The van der Waals surface area contributed by atoms with Crippen LogP contribution in [0.3, 0.4) is 0 Å². The van der Waals surface area contributed by atoms with Gasteiger partial charge < -0.3 is 9.15 Å². The molecule has 0 saturated heterocycles. The molecule has 0 aliphatic heterocycles. The number of para-hydroxylation sites is 1. The quantitative estimate of drug-likeness (QED) is 0.196. The van der Waals surface area contributed by atoms with E-state index in [4.69, 9.17) is 32.4 Å². The highest BCUT2D eigenvalue weighted by Gasteiger charge is 2.17. The predicted molar refractivity (Wildman–Crippen MR) is 151 cm³/mol. The fraction of sp³-hybridized carbons (Fsp3) is 0.0333. The van der Waals surface area contributed by atoms with E-state index in [1.165, 1.54) is 17.0 Å². The van der Waals surface area contributed by atoms with Gasteiger partial charge in [-0.05, 0) is 60.7 Å². The maximum Gasteiger partial charge on any atom is 0.282 e. The van der Waals surface area contributed by atoms with Gasteiger partial charge in [0.1, 0.15) is 23.8 Å². The van der Waals surface area contributed by atoms with Gasteiger partial charge in [0, 0.05) is 26.6 Å². The van der Waals surface area contributed by atoms with Crippen LogP contribution in [0.4, 0.5) is 4.39 Å². The maximum absolute atomic E-state index is 14.1. The minimum Gasteiger partial charge on any atom is -0.488 e. The molecule has 0 N–H and O–H groups in total. The van der Waals surface area contributed by atoms with Crippen molar-refractivity contribution in [3.63, 3.8) is 0 Å². The summed E-state index contributed by atoms with van der Waals surface area (Å²) in [5.74, 6) is 0.591. The van der Waals surface area contributed by atoms with Crippen LogP contribution in [0.25, 0.3) is 33.5 Å². The number of benzene rings is 4. The van der Waals surface area contributed by atoms with Gasteiger partial charge >= 0.3 is 0 Å². The van der Waals surface area contributed by atoms with Gasteiger partial charge in [-0.1, -0.05) is 53.5 Å². The Balaban J connectivity index is 1.45. The number of halogens is 3. The minimum absolute atomic E-state index is 0.000577. The number of rotatable bonds is 6. The molecule has 4 aromatic carbocycles. The molecule has 2 heterocycles. The minimum atomic E-state index is -0.388. The first-order valence-corrected chi connectivity index (χ1v) is 12.6. The van der Waals surface area contributed by atoms with Crippen LogP contribution in [-0.4, -0.2) is 15.9 Å². The van der Waals surface area contributed by atoms with Gasteiger partial charge in [0.05, 0.1) is 17.1 Å². The van der Waals surface area contributed by atoms with Crippen molar-refractivity contribution >= 4 is 51.3 Å². The van der Waals surface area contributed by atoms with E-state index >= 15 is 0 Å². The second kappa shape index (κ2) is 10.4. The Kier molecular flexibility index (Phi) is 6.60. The summed E-state index contributed by atoms with van der Waals surface area (Å²) < 4.78 is 27.2. The van der Waals surface area contributed by atoms with Crippen LogP contribution in [-0.2, 0) is 6.61 Å². The number of fused-ring (bicyclic) bond motifs is 2. The lowest BCUT2D eigenvalue weighted by molar-refractivity contribution is 0.299. The van der Waals surface area contributed by atoms with Crippen molar-refractivity contribution in [3.8, 4) is 17.3 Å². The molecule has 192 valence electrons. The Hall–Kier alpha value is -4.46. The smallest absolute Gasteiger partial charge is 0.282 e. The van der Waals surface area contributed by atoms with Gasteiger partial charge in [0.15, 0.2) is 5.76 Å². The second-order valence-electron chi connectivity index (χ2n) is 8.67. The van der Waals surface area contributed by atoms with Gasteiger partial charge in [-0.3, -0.25) is 4.79 Å². The molecule has 0 saturated carbocycles. The van der Waals surface area contributed by atoms with Crippen LogP contribution in [0.15, 0.2) is 105 Å². The zero-order valence-corrected chi connectivity index (χ0v) is 21.7. The summed E-state index contributed by atoms with van der Waals surface area (Å²) >= 11 is 12.4. The zero-order chi connectivity index (χ0) is 26.9. The van der Waals surface area contributed by atoms with Gasteiger partial charge in [0.2, 0.25) is 5.82 Å². The highest BCUT2D eigenvalue weighted by atomic mass is 35.5. The molecule has 0 spiro atoms. The SMILES string of the molecule is O=c1c2ccccc2nc(-c2cc3cc(Cl)ccc3o2)n1N=Cc1cc(Cl)ccc1OCc1ccccc1F. The topological polar surface area (TPSA) is 69.6 Å². The molecule has 9 heteroatoms. The lowest BCUT2D eigenvalue weighted by atomic mass is 10.2. The Bertz CT molecular complexity index is 1950. The Morgan fingerprint density at radius 1 is 0.949 bits per heavy atom. The largest absolute Gasteiger partial charge is 0.488 e. The Labute approximate surface area is 231 Å². The number of nitrogens with zero attached hydrogens (tertiary/aromatic N) is 3. The standard InChI is InChI=1S/C30H18Cl2FN3O3/c31-21-10-12-27-19(13-21)15-28(39-27)29-35-25-8-4-2-6-23(25)30(37)36(29)34-16-20-14-22(32)9-11-26(20)38-17-18-5-1-3-7-24(18)33/h1-16H,17H2. The molecular formula is C30H18Cl2FN3O3. The lowest BCUT2D eigenvalue weighted by Crippen LogP contribution is -2.20. The zero-order valence-electron chi connectivity index (χ0n) is 20.1. The summed E-state index contributed by atoms with van der Waals surface area (Å²) in [6, 6.07) is 25.3. The average molecular weight is 558 g/mol. The summed E-state index contributed by atoms with van der Waals surface area (Å²) in [5.41, 5.74) is 1.59. The molecule has 0 atom stereocenters. The molecule has 2 aromatic heterocycles. The number of hydrogen-bond acceptors (Lipinski definition) is 5. The third kappa shape index (κ3) is 5.02. The van der Waals surface area contributed by atoms with Gasteiger partial charge in [-0.2, -0.15) is 9.78 Å². The van der Waals surface area contributed by atoms with Crippen LogP contribution in [0.2, 0.25) is 10.0 Å². The van der Waals surface area contributed by atoms with Gasteiger partial charge in [-0.15, -0.1) is 0 Å². The molecule has 39 heavy (non-hydrogen) atoms. The number of hydrogen-bond donors (Lipinski definition) is 0. The van der Waals surface area contributed by atoms with Crippen LogP contribution >= 0.6 is 23.2 Å². The molecule has 0 amide bonds. The van der Waals surface area contributed by atoms with Crippen molar-refractivity contribution in [2.75, 3.05) is 0 Å². The van der Waals surface area contributed by atoms with Crippen molar-refractivity contribution in [1.29, 1.82) is 0 Å². The van der Waals surface area contributed by atoms with E-state index < -0.39 is 0 Å². The maximum atomic E-state index is 14.1. The van der Waals surface area contributed by atoms with E-state index in [9.17, 15) is 9.18 Å². The van der Waals surface area contributed by atoms with E-state index in [2.05, 4.69) is 10.1 Å². The molecule has 0 aliphatic carbocycles. The highest BCUT2D eigenvalue weighted by Crippen LogP contribution is 2.29. The van der Waals surface area contributed by atoms with Crippen molar-refractivity contribution in [3.05, 3.63) is 128 Å². The van der Waals surface area contributed by atoms with Crippen LogP contribution < -0.4 is 10.3 Å². The first-order valence-electron chi connectivity index (χ1n) is 11.9. The third-order valence-electron chi connectivity index (χ3n) is 6.08. The van der Waals surface area contributed by atoms with Gasteiger partial charge in [0.25, 0.3) is 5.56 Å². The molecule has 0 aliphatic rings. The molecule has 0 fully saturated rings. The first kappa shape index (κ1) is 24.9. The predicted octanol–water partition coefficient (Wildman–Crippen LogP) is 7.72. The summed E-state index contributed by atoms with van der Waals surface area (Å²) in [7, 11) is 0. The number of aromatic nitrogens is 2. The summed E-state index contributed by atoms with van der Waals surface area (Å²) in [5, 5.41) is 6.62. The normalized spacial score (nSPS) is 11.6. The van der Waals surface area contributed by atoms with Crippen molar-refractivity contribution in [1.82, 2.24) is 9.66 Å². The van der Waals surface area contributed by atoms with E-state index in [1.807, 2.05) is 0 Å². The molecular weight excluding hydrogens is 540 g/mol. The van der Waals surface area contributed by atoms with E-state index in [1.54, 1.807) is 84.9 Å². The van der Waals surface area contributed by atoms with Crippen LogP contribution in [0, 0.1) is 5.82 Å². The lowest BCUT2D eigenvalue weighted by Gasteiger charge is -2.11. The fourth-order valence-corrected chi connectivity index (χ4v) is 4.52. The van der Waals surface area contributed by atoms with E-state index in [-0.39, 0.29) is 23.8 Å². The van der Waals surface area contributed by atoms with Gasteiger partial charge in [-0.25, -0.2) is 9.37 Å². The average Bonchev–Trinajstić information content (AvgIpc) is 3.36. The Morgan fingerprint density at radius 2 is 1.72 bits per heavy atom. The molecule has 6 nitrogen and oxygen atoms in total. The number of ether oxygens (including phenoxy) is 1. The summed E-state index contributed by atoms with van der Waals surface area (Å²) in [6.45, 7) is -0.000577. The number of furan rings is 1. The molecule has 6 rings (SSSR count). The van der Waals surface area contributed by atoms with Crippen molar-refractivity contribution in [2.45, 2.75) is 6.61 Å². The summed E-state index contributed by atoms with van der Waals surface area (Å²) in [6.07, 6.45) is 1.45. The molecule has 6 aromatic rings. The molecule has 0 radical (unpaired) electrons. The van der Waals surface area contributed by atoms with Crippen molar-refractivity contribution in [2.24, 2.45) is 5.10 Å². The van der Waals surface area contributed by atoms with E-state index in [0.717, 1.165) is 5.39 Å². The Morgan fingerprint density at radius 3 is 2.59 bits per heavy atom. The van der Waals surface area contributed by atoms with Crippen molar-refractivity contribution < 1.29 is 13.5 Å². The summed E-state index contributed by atoms with van der Waals surface area (Å²) in [4.78, 5) is 18.2. The monoisotopic (exact) mass is 557 g/mol. The van der Waals surface area contributed by atoms with E-state index in [0.29, 0.717) is 49.2 Å². The third-order valence-corrected chi connectivity index (χ3v) is 6.55.